The van der Waals surface area contributed by atoms with E-state index in [1.54, 1.807) is 4.31 Å². The van der Waals surface area contributed by atoms with Gasteiger partial charge in [-0.3, -0.25) is 4.79 Å². The van der Waals surface area contributed by atoms with Crippen LogP contribution in [-0.2, 0) is 19.6 Å². The predicted molar refractivity (Wildman–Crippen MR) is 73.6 cm³/mol. The Balaban J connectivity index is 1.58. The van der Waals surface area contributed by atoms with Crippen LogP contribution in [0.25, 0.3) is 0 Å². The molecule has 0 aliphatic carbocycles. The van der Waals surface area contributed by atoms with Gasteiger partial charge in [-0.1, -0.05) is 0 Å². The molecule has 3 heterocycles. The van der Waals surface area contributed by atoms with Crippen LogP contribution in [0.4, 0.5) is 0 Å². The van der Waals surface area contributed by atoms with Crippen molar-refractivity contribution in [1.29, 1.82) is 0 Å². The lowest BCUT2D eigenvalue weighted by atomic mass is 9.78. The minimum atomic E-state index is -3.22. The molecule has 3 aliphatic heterocycles. The Morgan fingerprint density at radius 1 is 1.35 bits per heavy atom. The van der Waals surface area contributed by atoms with Crippen LogP contribution >= 0.6 is 0 Å². The normalized spacial score (nSPS) is 30.8. The Morgan fingerprint density at radius 2 is 2.10 bits per heavy atom. The Labute approximate surface area is 119 Å². The highest BCUT2D eigenvalue weighted by atomic mass is 32.2. The van der Waals surface area contributed by atoms with Crippen molar-refractivity contribution >= 4 is 15.9 Å². The Hall–Kier alpha value is -0.660. The topological polar surface area (TPSA) is 75.7 Å². The van der Waals surface area contributed by atoms with Crippen molar-refractivity contribution < 1.29 is 17.9 Å². The molecule has 1 spiro atoms. The molecule has 7 heteroatoms. The fourth-order valence-electron chi connectivity index (χ4n) is 3.46. The van der Waals surface area contributed by atoms with Gasteiger partial charge in [0.25, 0.3) is 0 Å². The molecule has 0 aromatic carbocycles. The minimum absolute atomic E-state index is 0.00698. The number of carbonyl (C=O) groups is 1. The number of piperidine rings is 1. The maximum atomic E-state index is 12.4. The van der Waals surface area contributed by atoms with Crippen LogP contribution in [0.3, 0.4) is 0 Å². The number of hydrogen-bond acceptors (Lipinski definition) is 4. The minimum Gasteiger partial charge on any atom is -0.377 e. The lowest BCUT2D eigenvalue weighted by Gasteiger charge is -2.37. The van der Waals surface area contributed by atoms with Crippen molar-refractivity contribution in [3.63, 3.8) is 0 Å². The van der Waals surface area contributed by atoms with Gasteiger partial charge in [-0.05, 0) is 31.1 Å². The number of carbonyl (C=O) groups excluding carboxylic acids is 1. The molecule has 1 atom stereocenters. The molecular formula is C13H22N2O4S. The van der Waals surface area contributed by atoms with Gasteiger partial charge in [-0.2, -0.15) is 0 Å². The summed E-state index contributed by atoms with van der Waals surface area (Å²) in [6, 6.07) is 0. The number of nitrogens with one attached hydrogen (secondary N) is 1. The SMILES string of the molecule is O=C1CC2(CCN(S(=O)(=O)CC3CCCO3)CC2)CN1. The zero-order chi connectivity index (χ0) is 14.2. The molecule has 3 aliphatic rings. The van der Waals surface area contributed by atoms with E-state index in [9.17, 15) is 13.2 Å². The van der Waals surface area contributed by atoms with Crippen molar-refractivity contribution in [2.45, 2.75) is 38.2 Å². The van der Waals surface area contributed by atoms with E-state index in [2.05, 4.69) is 5.32 Å². The first-order valence-corrected chi connectivity index (χ1v) is 8.96. The molecule has 0 aromatic rings. The highest BCUT2D eigenvalue weighted by molar-refractivity contribution is 7.89. The predicted octanol–water partition coefficient (Wildman–Crippen LogP) is 0.0973. The summed E-state index contributed by atoms with van der Waals surface area (Å²) in [5, 5.41) is 2.87. The van der Waals surface area contributed by atoms with Crippen molar-refractivity contribution in [3.05, 3.63) is 0 Å². The molecule has 0 saturated carbocycles. The number of amides is 1. The van der Waals surface area contributed by atoms with Crippen LogP contribution in [0.15, 0.2) is 0 Å². The second-order valence-electron chi connectivity index (χ2n) is 6.27. The summed E-state index contributed by atoms with van der Waals surface area (Å²) in [7, 11) is -3.22. The molecule has 1 unspecified atom stereocenters. The largest absolute Gasteiger partial charge is 0.377 e. The fraction of sp³-hybridized carbons (Fsp3) is 0.923. The Kier molecular flexibility index (Phi) is 3.77. The van der Waals surface area contributed by atoms with Crippen LogP contribution in [0.5, 0.6) is 0 Å². The molecule has 3 rings (SSSR count). The molecule has 114 valence electrons. The number of rotatable bonds is 3. The summed E-state index contributed by atoms with van der Waals surface area (Å²) < 4.78 is 31.8. The maximum absolute atomic E-state index is 12.4. The van der Waals surface area contributed by atoms with Gasteiger partial charge in [0.2, 0.25) is 15.9 Å². The van der Waals surface area contributed by atoms with Gasteiger partial charge in [0.1, 0.15) is 0 Å². The van der Waals surface area contributed by atoms with E-state index in [1.807, 2.05) is 0 Å². The van der Waals surface area contributed by atoms with Gasteiger partial charge in [0.15, 0.2) is 0 Å². The van der Waals surface area contributed by atoms with E-state index in [0.29, 0.717) is 32.7 Å². The Bertz CT molecular complexity index is 477. The number of hydrogen-bond donors (Lipinski definition) is 1. The van der Waals surface area contributed by atoms with Crippen molar-refractivity contribution in [3.8, 4) is 0 Å². The second-order valence-corrected chi connectivity index (χ2v) is 8.28. The summed E-state index contributed by atoms with van der Waals surface area (Å²) >= 11 is 0. The molecule has 0 bridgehead atoms. The number of ether oxygens (including phenoxy) is 1. The first-order chi connectivity index (χ1) is 9.49. The van der Waals surface area contributed by atoms with Gasteiger partial charge in [-0.15, -0.1) is 0 Å². The van der Waals surface area contributed by atoms with Crippen molar-refractivity contribution in [1.82, 2.24) is 9.62 Å². The third kappa shape index (κ3) is 2.84. The lowest BCUT2D eigenvalue weighted by molar-refractivity contribution is -0.119. The zero-order valence-electron chi connectivity index (χ0n) is 11.6. The third-order valence-electron chi connectivity index (χ3n) is 4.79. The molecule has 3 fully saturated rings. The van der Waals surface area contributed by atoms with Crippen LogP contribution in [0.2, 0.25) is 0 Å². The Morgan fingerprint density at radius 3 is 2.65 bits per heavy atom. The van der Waals surface area contributed by atoms with Gasteiger partial charge in [0.05, 0.1) is 11.9 Å². The molecule has 0 radical (unpaired) electrons. The third-order valence-corrected chi connectivity index (χ3v) is 6.74. The van der Waals surface area contributed by atoms with E-state index >= 15 is 0 Å². The first-order valence-electron chi connectivity index (χ1n) is 7.35. The molecule has 3 saturated heterocycles. The van der Waals surface area contributed by atoms with Crippen molar-refractivity contribution in [2.75, 3.05) is 32.0 Å². The molecule has 1 amide bonds. The first kappa shape index (κ1) is 14.3. The van der Waals surface area contributed by atoms with E-state index in [1.165, 1.54) is 0 Å². The second kappa shape index (κ2) is 5.27. The van der Waals surface area contributed by atoms with Crippen LogP contribution in [0.1, 0.15) is 32.1 Å². The molecule has 6 nitrogen and oxygen atoms in total. The average molecular weight is 302 g/mol. The fourth-order valence-corrected chi connectivity index (χ4v) is 5.14. The highest BCUT2D eigenvalue weighted by Crippen LogP contribution is 2.38. The smallest absolute Gasteiger partial charge is 0.220 e. The standard InChI is InChI=1S/C13H22N2O4S/c16-12-8-13(10-14-12)3-5-15(6-4-13)20(17,18)9-11-2-1-7-19-11/h11H,1-10H2,(H,14,16). The molecule has 1 N–H and O–H groups in total. The van der Waals surface area contributed by atoms with Crippen LogP contribution in [-0.4, -0.2) is 56.7 Å². The van der Waals surface area contributed by atoms with E-state index in [4.69, 9.17) is 4.74 Å². The van der Waals surface area contributed by atoms with Crippen LogP contribution < -0.4 is 5.32 Å². The average Bonchev–Trinajstić information content (AvgIpc) is 3.00. The summed E-state index contributed by atoms with van der Waals surface area (Å²) in [5.41, 5.74) is -0.00698. The molecule has 0 aromatic heterocycles. The van der Waals surface area contributed by atoms with Crippen LogP contribution in [0, 0.1) is 5.41 Å². The number of sulfonamides is 1. The van der Waals surface area contributed by atoms with Crippen molar-refractivity contribution in [2.24, 2.45) is 5.41 Å². The summed E-state index contributed by atoms with van der Waals surface area (Å²) in [6.45, 7) is 2.44. The molecular weight excluding hydrogens is 280 g/mol. The van der Waals surface area contributed by atoms with E-state index in [0.717, 1.165) is 25.7 Å². The van der Waals surface area contributed by atoms with E-state index < -0.39 is 10.0 Å². The highest BCUT2D eigenvalue weighted by Gasteiger charge is 2.43. The van der Waals surface area contributed by atoms with E-state index in [-0.39, 0.29) is 23.2 Å². The molecule has 20 heavy (non-hydrogen) atoms. The summed E-state index contributed by atoms with van der Waals surface area (Å²) in [4.78, 5) is 11.4. The van der Waals surface area contributed by atoms with Gasteiger partial charge in [0, 0.05) is 32.7 Å². The summed E-state index contributed by atoms with van der Waals surface area (Å²) in [6.07, 6.45) is 3.76. The lowest BCUT2D eigenvalue weighted by Crippen LogP contribution is -2.46. The zero-order valence-corrected chi connectivity index (χ0v) is 12.5. The van der Waals surface area contributed by atoms with Gasteiger partial charge < -0.3 is 10.1 Å². The van der Waals surface area contributed by atoms with Gasteiger partial charge in [-0.25, -0.2) is 12.7 Å². The monoisotopic (exact) mass is 302 g/mol. The van der Waals surface area contributed by atoms with Gasteiger partial charge >= 0.3 is 0 Å². The summed E-state index contributed by atoms with van der Waals surface area (Å²) in [5.74, 6) is 0.206. The maximum Gasteiger partial charge on any atom is 0.220 e. The number of nitrogens with zero attached hydrogens (tertiary/aromatic N) is 1. The quantitative estimate of drug-likeness (QED) is 0.802.